The van der Waals surface area contributed by atoms with Crippen LogP contribution < -0.4 is 14.8 Å². The number of fused-ring (bicyclic) bond motifs is 1. The number of hydrogen-bond acceptors (Lipinski definition) is 6. The summed E-state index contributed by atoms with van der Waals surface area (Å²) >= 11 is 0. The average molecular weight is 571 g/mol. The summed E-state index contributed by atoms with van der Waals surface area (Å²) in [6.45, 7) is 5.12. The third kappa shape index (κ3) is 7.82. The molecule has 11 heteroatoms. The van der Waals surface area contributed by atoms with Crippen LogP contribution in [0.1, 0.15) is 31.9 Å². The van der Waals surface area contributed by atoms with Gasteiger partial charge in [-0.1, -0.05) is 30.3 Å². The lowest BCUT2D eigenvalue weighted by Gasteiger charge is -2.28. The molecule has 0 spiro atoms. The fraction of sp³-hybridized carbons (Fsp3) is 0.286. The molecule has 1 atom stereocenters. The number of aryl methyl sites for hydroxylation is 1. The molecule has 0 saturated carbocycles. The SMILES string of the molecule is CC(C)(CCn1ccc2cc(NS(C)(=O)=O)ccc21)NC[C@H](O)c1cccc(NS(=O)(=O)c2ccccc2)c1. The summed E-state index contributed by atoms with van der Waals surface area (Å²) in [5.74, 6) is 0. The van der Waals surface area contributed by atoms with Crippen LogP contribution in [-0.4, -0.2) is 44.8 Å². The van der Waals surface area contributed by atoms with Crippen LogP contribution in [-0.2, 0) is 26.6 Å². The topological polar surface area (TPSA) is 130 Å². The first kappa shape index (κ1) is 28.6. The van der Waals surface area contributed by atoms with Crippen molar-refractivity contribution in [1.29, 1.82) is 0 Å². The van der Waals surface area contributed by atoms with E-state index in [2.05, 4.69) is 33.2 Å². The van der Waals surface area contributed by atoms with Crippen LogP contribution in [0.4, 0.5) is 11.4 Å². The maximum atomic E-state index is 12.6. The van der Waals surface area contributed by atoms with E-state index in [1.54, 1.807) is 54.6 Å². The predicted octanol–water partition coefficient (Wildman–Crippen LogP) is 4.31. The molecule has 1 aromatic heterocycles. The number of benzene rings is 3. The number of anilines is 2. The van der Waals surface area contributed by atoms with Crippen LogP contribution in [0.15, 0.2) is 90.0 Å². The molecule has 3 aromatic carbocycles. The second-order valence-electron chi connectivity index (χ2n) is 10.2. The number of aliphatic hydroxyl groups excluding tert-OH is 1. The predicted molar refractivity (Wildman–Crippen MR) is 156 cm³/mol. The summed E-state index contributed by atoms with van der Waals surface area (Å²) in [5, 5.41) is 15.2. The quantitative estimate of drug-likeness (QED) is 0.201. The summed E-state index contributed by atoms with van der Waals surface area (Å²) in [4.78, 5) is 0.167. The lowest BCUT2D eigenvalue weighted by atomic mass is 9.99. The average Bonchev–Trinajstić information content (AvgIpc) is 3.28. The molecule has 0 aliphatic rings. The van der Waals surface area contributed by atoms with Crippen molar-refractivity contribution < 1.29 is 21.9 Å². The van der Waals surface area contributed by atoms with E-state index in [1.165, 1.54) is 12.1 Å². The van der Waals surface area contributed by atoms with E-state index < -0.39 is 26.2 Å². The largest absolute Gasteiger partial charge is 0.387 e. The molecule has 0 amide bonds. The highest BCUT2D eigenvalue weighted by Crippen LogP contribution is 2.24. The van der Waals surface area contributed by atoms with E-state index in [0.29, 0.717) is 16.9 Å². The van der Waals surface area contributed by atoms with E-state index in [4.69, 9.17) is 0 Å². The number of nitrogens with zero attached hydrogens (tertiary/aromatic N) is 1. The lowest BCUT2D eigenvalue weighted by molar-refractivity contribution is 0.158. The summed E-state index contributed by atoms with van der Waals surface area (Å²) in [6.07, 6.45) is 3.03. The van der Waals surface area contributed by atoms with Gasteiger partial charge in [0.25, 0.3) is 10.0 Å². The number of nitrogens with one attached hydrogen (secondary N) is 3. The molecule has 4 N–H and O–H groups in total. The molecule has 4 aromatic rings. The van der Waals surface area contributed by atoms with Gasteiger partial charge in [0.1, 0.15) is 0 Å². The minimum Gasteiger partial charge on any atom is -0.387 e. The normalized spacial score (nSPS) is 13.3. The van der Waals surface area contributed by atoms with E-state index >= 15 is 0 Å². The Morgan fingerprint density at radius 1 is 0.872 bits per heavy atom. The van der Waals surface area contributed by atoms with E-state index in [1.807, 2.05) is 18.3 Å². The highest BCUT2D eigenvalue weighted by Gasteiger charge is 2.20. The van der Waals surface area contributed by atoms with Gasteiger partial charge in [-0.05, 0) is 74.4 Å². The zero-order valence-electron chi connectivity index (χ0n) is 22.1. The van der Waals surface area contributed by atoms with Crippen molar-refractivity contribution in [2.45, 2.75) is 43.4 Å². The van der Waals surface area contributed by atoms with Crippen molar-refractivity contribution in [3.05, 3.63) is 90.6 Å². The molecule has 0 bridgehead atoms. The Hall–Kier alpha value is -3.38. The van der Waals surface area contributed by atoms with Gasteiger partial charge in [-0.15, -0.1) is 0 Å². The van der Waals surface area contributed by atoms with Crippen molar-refractivity contribution in [2.75, 3.05) is 22.2 Å². The maximum absolute atomic E-state index is 12.6. The van der Waals surface area contributed by atoms with Gasteiger partial charge in [-0.3, -0.25) is 9.44 Å². The van der Waals surface area contributed by atoms with E-state index in [0.717, 1.165) is 30.1 Å². The zero-order valence-corrected chi connectivity index (χ0v) is 23.8. The molecule has 0 radical (unpaired) electrons. The number of hydrogen-bond donors (Lipinski definition) is 4. The van der Waals surface area contributed by atoms with Crippen molar-refractivity contribution in [2.24, 2.45) is 0 Å². The number of sulfonamides is 2. The van der Waals surface area contributed by atoms with Gasteiger partial charge in [0.15, 0.2) is 0 Å². The second-order valence-corrected chi connectivity index (χ2v) is 13.7. The number of aliphatic hydroxyl groups is 1. The third-order valence-corrected chi connectivity index (χ3v) is 8.41. The number of β-amino-alcohol motifs (C(OH)–C–C–N with tert-alkyl or cyclic N) is 1. The Morgan fingerprint density at radius 2 is 1.59 bits per heavy atom. The van der Waals surface area contributed by atoms with Crippen LogP contribution in [0.2, 0.25) is 0 Å². The summed E-state index contributed by atoms with van der Waals surface area (Å²) in [5.41, 5.74) is 2.20. The Morgan fingerprint density at radius 3 is 2.31 bits per heavy atom. The molecule has 0 aliphatic carbocycles. The first-order valence-corrected chi connectivity index (χ1v) is 15.9. The molecule has 0 fully saturated rings. The highest BCUT2D eigenvalue weighted by atomic mass is 32.2. The molecule has 0 aliphatic heterocycles. The molecule has 1 heterocycles. The summed E-state index contributed by atoms with van der Waals surface area (Å²) < 4.78 is 55.5. The van der Waals surface area contributed by atoms with Gasteiger partial charge in [-0.25, -0.2) is 16.8 Å². The molecular weight excluding hydrogens is 536 g/mol. The van der Waals surface area contributed by atoms with Crippen molar-refractivity contribution in [3.8, 4) is 0 Å². The van der Waals surface area contributed by atoms with Gasteiger partial charge in [0, 0.05) is 47.1 Å². The molecule has 9 nitrogen and oxygen atoms in total. The van der Waals surface area contributed by atoms with Crippen molar-refractivity contribution >= 4 is 42.3 Å². The van der Waals surface area contributed by atoms with Crippen molar-refractivity contribution in [1.82, 2.24) is 9.88 Å². The van der Waals surface area contributed by atoms with Crippen LogP contribution in [0, 0.1) is 0 Å². The fourth-order valence-corrected chi connectivity index (χ4v) is 5.90. The first-order valence-electron chi connectivity index (χ1n) is 12.5. The Kier molecular flexibility index (Phi) is 8.36. The van der Waals surface area contributed by atoms with E-state index in [9.17, 15) is 21.9 Å². The Bertz CT molecular complexity index is 1650. The number of rotatable bonds is 12. The molecule has 39 heavy (non-hydrogen) atoms. The lowest BCUT2D eigenvalue weighted by Crippen LogP contribution is -2.42. The minimum absolute atomic E-state index is 0.167. The minimum atomic E-state index is -3.73. The summed E-state index contributed by atoms with van der Waals surface area (Å²) in [7, 11) is -7.07. The van der Waals surface area contributed by atoms with Crippen LogP contribution in [0.3, 0.4) is 0 Å². The number of aromatic nitrogens is 1. The van der Waals surface area contributed by atoms with Gasteiger partial charge < -0.3 is 15.0 Å². The van der Waals surface area contributed by atoms with Crippen LogP contribution >= 0.6 is 0 Å². The van der Waals surface area contributed by atoms with Crippen molar-refractivity contribution in [3.63, 3.8) is 0 Å². The smallest absolute Gasteiger partial charge is 0.261 e. The molecule has 4 rings (SSSR count). The Balaban J connectivity index is 1.35. The Labute approximate surface area is 230 Å². The standard InChI is InChI=1S/C28H34N4O5S2/c1-28(2,15-17-32-16-14-21-18-24(12-13-26(21)32)30-38(3,34)35)29-20-27(33)22-8-7-9-23(19-22)31-39(36,37)25-10-5-4-6-11-25/h4-14,16,18-19,27,29-31,33H,15,17,20H2,1-3H3/t27-/m0/s1. The third-order valence-electron chi connectivity index (χ3n) is 6.40. The fourth-order valence-electron chi connectivity index (χ4n) is 4.28. The van der Waals surface area contributed by atoms with Crippen LogP contribution in [0.25, 0.3) is 10.9 Å². The van der Waals surface area contributed by atoms with Crippen LogP contribution in [0.5, 0.6) is 0 Å². The molecular formula is C28H34N4O5S2. The zero-order chi connectivity index (χ0) is 28.3. The molecule has 208 valence electrons. The monoisotopic (exact) mass is 570 g/mol. The summed E-state index contributed by atoms with van der Waals surface area (Å²) in [6, 6.07) is 22.3. The van der Waals surface area contributed by atoms with Gasteiger partial charge >= 0.3 is 0 Å². The molecule has 0 saturated heterocycles. The van der Waals surface area contributed by atoms with Gasteiger partial charge in [0.05, 0.1) is 17.3 Å². The molecule has 0 unspecified atom stereocenters. The maximum Gasteiger partial charge on any atom is 0.261 e. The van der Waals surface area contributed by atoms with Gasteiger partial charge in [0.2, 0.25) is 10.0 Å². The van der Waals surface area contributed by atoms with E-state index in [-0.39, 0.29) is 17.0 Å². The van der Waals surface area contributed by atoms with Gasteiger partial charge in [-0.2, -0.15) is 0 Å². The second kappa shape index (κ2) is 11.4. The highest BCUT2D eigenvalue weighted by molar-refractivity contribution is 7.92. The first-order chi connectivity index (χ1) is 18.3.